The van der Waals surface area contributed by atoms with Crippen LogP contribution in [0.5, 0.6) is 0 Å². The van der Waals surface area contributed by atoms with Gasteiger partial charge in [-0.2, -0.15) is 0 Å². The highest BCUT2D eigenvalue weighted by Gasteiger charge is 2.41. The fourth-order valence-electron chi connectivity index (χ4n) is 8.83. The minimum Gasteiger partial charge on any atom is -0.455 e. The fraction of sp³-hybridized carbons (Fsp3) is 0.0612. The van der Waals surface area contributed by atoms with Gasteiger partial charge in [-0.05, 0) is 47.0 Å². The highest BCUT2D eigenvalue weighted by atomic mass is 16.3. The Hall–Kier alpha value is -6.78. The van der Waals surface area contributed by atoms with E-state index in [1.807, 2.05) is 24.3 Å². The topological polar surface area (TPSA) is 43.9 Å². The molecule has 0 bridgehead atoms. The van der Waals surface area contributed by atoms with Gasteiger partial charge in [-0.3, -0.25) is 0 Å². The SMILES string of the molecule is CC1(C)c2ccccc2-c2c1c1c3ccccc3n(-c3cccc(-c4cc(-c5ccccc5)nc(-c5ccccc5)n4)c3)c1c1c2oc2ccccc21. The molecule has 0 N–H and O–H groups in total. The molecule has 0 aliphatic heterocycles. The molecule has 3 aromatic heterocycles. The summed E-state index contributed by atoms with van der Waals surface area (Å²) in [6.07, 6.45) is 0. The van der Waals surface area contributed by atoms with Crippen LogP contribution >= 0.6 is 0 Å². The number of fused-ring (bicyclic) bond motifs is 12. The molecule has 7 aromatic carbocycles. The molecule has 0 saturated heterocycles. The molecule has 0 atom stereocenters. The lowest BCUT2D eigenvalue weighted by Crippen LogP contribution is -2.15. The predicted octanol–water partition coefficient (Wildman–Crippen LogP) is 12.8. The first-order valence-electron chi connectivity index (χ1n) is 18.2. The van der Waals surface area contributed by atoms with Crippen LogP contribution in [0.2, 0.25) is 0 Å². The van der Waals surface area contributed by atoms with E-state index in [4.69, 9.17) is 14.4 Å². The average Bonchev–Trinajstić information content (AvgIpc) is 3.84. The van der Waals surface area contributed by atoms with Crippen molar-refractivity contribution in [2.45, 2.75) is 19.3 Å². The van der Waals surface area contributed by atoms with E-state index in [0.717, 1.165) is 61.2 Å². The van der Waals surface area contributed by atoms with Crippen LogP contribution in [0.25, 0.3) is 94.5 Å². The van der Waals surface area contributed by atoms with E-state index in [9.17, 15) is 0 Å². The normalized spacial score (nSPS) is 13.2. The lowest BCUT2D eigenvalue weighted by molar-refractivity contribution is 0.658. The first kappa shape index (κ1) is 29.9. The van der Waals surface area contributed by atoms with Gasteiger partial charge in [0.2, 0.25) is 0 Å². The number of nitrogens with zero attached hydrogens (tertiary/aromatic N) is 3. The number of benzene rings is 7. The zero-order valence-corrected chi connectivity index (χ0v) is 29.3. The van der Waals surface area contributed by atoms with E-state index in [0.29, 0.717) is 5.82 Å². The highest BCUT2D eigenvalue weighted by Crippen LogP contribution is 2.57. The van der Waals surface area contributed by atoms with Crippen LogP contribution in [0.1, 0.15) is 25.0 Å². The van der Waals surface area contributed by atoms with Gasteiger partial charge in [0, 0.05) is 49.5 Å². The van der Waals surface area contributed by atoms with Gasteiger partial charge < -0.3 is 8.98 Å². The smallest absolute Gasteiger partial charge is 0.160 e. The van der Waals surface area contributed by atoms with Crippen molar-refractivity contribution in [3.63, 3.8) is 0 Å². The third kappa shape index (κ3) is 4.30. The molecule has 4 heteroatoms. The summed E-state index contributed by atoms with van der Waals surface area (Å²) in [5.41, 5.74) is 14.9. The van der Waals surface area contributed by atoms with Gasteiger partial charge in [0.05, 0.1) is 27.8 Å². The molecule has 250 valence electrons. The van der Waals surface area contributed by atoms with E-state index in [-0.39, 0.29) is 5.41 Å². The third-order valence-electron chi connectivity index (χ3n) is 11.2. The first-order chi connectivity index (χ1) is 26.1. The molecule has 3 heterocycles. The maximum absolute atomic E-state index is 6.91. The number of para-hydroxylation sites is 2. The Morgan fingerprint density at radius 3 is 2.00 bits per heavy atom. The number of furan rings is 1. The van der Waals surface area contributed by atoms with Crippen molar-refractivity contribution in [1.82, 2.24) is 14.5 Å². The van der Waals surface area contributed by atoms with Gasteiger partial charge in [0.1, 0.15) is 11.2 Å². The molecule has 0 amide bonds. The van der Waals surface area contributed by atoms with Crippen molar-refractivity contribution < 1.29 is 4.42 Å². The van der Waals surface area contributed by atoms with Gasteiger partial charge >= 0.3 is 0 Å². The van der Waals surface area contributed by atoms with Crippen molar-refractivity contribution in [3.05, 3.63) is 175 Å². The number of hydrogen-bond acceptors (Lipinski definition) is 3. The Kier molecular flexibility index (Phi) is 6.27. The minimum atomic E-state index is -0.239. The van der Waals surface area contributed by atoms with Gasteiger partial charge in [0.25, 0.3) is 0 Å². The monoisotopic (exact) mass is 679 g/mol. The predicted molar refractivity (Wildman–Crippen MR) is 218 cm³/mol. The molecule has 1 aliphatic rings. The van der Waals surface area contributed by atoms with Crippen LogP contribution in [0.15, 0.2) is 168 Å². The summed E-state index contributed by atoms with van der Waals surface area (Å²) in [4.78, 5) is 10.2. The van der Waals surface area contributed by atoms with Crippen molar-refractivity contribution in [1.29, 1.82) is 0 Å². The zero-order chi connectivity index (χ0) is 35.3. The van der Waals surface area contributed by atoms with Crippen LogP contribution in [-0.4, -0.2) is 14.5 Å². The van der Waals surface area contributed by atoms with Crippen molar-refractivity contribution in [2.24, 2.45) is 0 Å². The zero-order valence-electron chi connectivity index (χ0n) is 29.3. The summed E-state index contributed by atoms with van der Waals surface area (Å²) in [6.45, 7) is 4.73. The quantitative estimate of drug-likeness (QED) is 0.186. The van der Waals surface area contributed by atoms with E-state index in [2.05, 4.69) is 158 Å². The Morgan fingerprint density at radius 2 is 1.19 bits per heavy atom. The Morgan fingerprint density at radius 1 is 0.547 bits per heavy atom. The summed E-state index contributed by atoms with van der Waals surface area (Å²) in [5.74, 6) is 0.702. The molecule has 53 heavy (non-hydrogen) atoms. The Labute approximate surface area is 306 Å². The summed E-state index contributed by atoms with van der Waals surface area (Å²) in [5, 5.41) is 4.77. The van der Waals surface area contributed by atoms with Crippen molar-refractivity contribution in [2.75, 3.05) is 0 Å². The second-order valence-corrected chi connectivity index (χ2v) is 14.5. The molecular formula is C49H33N3O. The van der Waals surface area contributed by atoms with Gasteiger partial charge in [-0.15, -0.1) is 0 Å². The van der Waals surface area contributed by atoms with E-state index in [1.165, 1.54) is 38.5 Å². The molecule has 0 radical (unpaired) electrons. The third-order valence-corrected chi connectivity index (χ3v) is 11.2. The summed E-state index contributed by atoms with van der Waals surface area (Å²) in [7, 11) is 0. The summed E-state index contributed by atoms with van der Waals surface area (Å²) >= 11 is 0. The Bertz CT molecular complexity index is 3020. The van der Waals surface area contributed by atoms with Gasteiger partial charge in [0.15, 0.2) is 5.82 Å². The maximum atomic E-state index is 6.91. The number of rotatable bonds is 4. The van der Waals surface area contributed by atoms with Crippen molar-refractivity contribution in [3.8, 4) is 50.7 Å². The largest absolute Gasteiger partial charge is 0.455 e. The molecule has 1 aliphatic carbocycles. The number of hydrogen-bond donors (Lipinski definition) is 0. The molecule has 0 spiro atoms. The van der Waals surface area contributed by atoms with Crippen LogP contribution < -0.4 is 0 Å². The van der Waals surface area contributed by atoms with Crippen LogP contribution in [0.4, 0.5) is 0 Å². The first-order valence-corrected chi connectivity index (χ1v) is 18.2. The lowest BCUT2D eigenvalue weighted by atomic mass is 9.80. The number of aromatic nitrogens is 3. The summed E-state index contributed by atoms with van der Waals surface area (Å²) < 4.78 is 9.37. The average molecular weight is 680 g/mol. The van der Waals surface area contributed by atoms with Gasteiger partial charge in [-0.1, -0.05) is 147 Å². The minimum absolute atomic E-state index is 0.239. The molecular weight excluding hydrogens is 647 g/mol. The Balaban J connectivity index is 1.24. The van der Waals surface area contributed by atoms with Crippen LogP contribution in [0.3, 0.4) is 0 Å². The standard InChI is InChI=1S/C49H33N3O/c1-49(2)37-25-12-9-22-34(37)43-45(49)42-35-23-10-13-26-40(35)52(46(42)44-36-24-11-14-27-41(36)53-47(43)44)33-21-15-20-32(28-33)39-29-38(30-16-5-3-6-17-30)50-48(51-39)31-18-7-4-8-19-31/h3-29H,1-2H3. The molecule has 0 fully saturated rings. The maximum Gasteiger partial charge on any atom is 0.160 e. The van der Waals surface area contributed by atoms with E-state index in [1.54, 1.807) is 0 Å². The molecule has 0 saturated carbocycles. The van der Waals surface area contributed by atoms with Crippen LogP contribution in [-0.2, 0) is 5.41 Å². The molecule has 11 rings (SSSR count). The summed E-state index contributed by atoms with van der Waals surface area (Å²) in [6, 6.07) is 57.7. The highest BCUT2D eigenvalue weighted by molar-refractivity contribution is 6.30. The lowest BCUT2D eigenvalue weighted by Gasteiger charge is -2.23. The van der Waals surface area contributed by atoms with Crippen LogP contribution in [0, 0.1) is 0 Å². The van der Waals surface area contributed by atoms with E-state index >= 15 is 0 Å². The van der Waals surface area contributed by atoms with Crippen molar-refractivity contribution >= 4 is 43.7 Å². The second kappa shape index (κ2) is 11.1. The molecule has 0 unspecified atom stereocenters. The van der Waals surface area contributed by atoms with Gasteiger partial charge in [-0.25, -0.2) is 9.97 Å². The fourth-order valence-corrected chi connectivity index (χ4v) is 8.83. The molecule has 10 aromatic rings. The molecule has 4 nitrogen and oxygen atoms in total. The second-order valence-electron chi connectivity index (χ2n) is 14.5. The van der Waals surface area contributed by atoms with E-state index < -0.39 is 0 Å².